The van der Waals surface area contributed by atoms with Crippen molar-refractivity contribution in [2.75, 3.05) is 0 Å². The second-order valence-corrected chi connectivity index (χ2v) is 2.72. The Kier molecular flexibility index (Phi) is 6.07. The Morgan fingerprint density at radius 3 is 1.80 bits per heavy atom. The molecule has 1 aromatic rings. The third-order valence-electron chi connectivity index (χ3n) is 0.987. The summed E-state index contributed by atoms with van der Waals surface area (Å²) in [6.07, 6.45) is 0. The molecule has 2 N–H and O–H groups in total. The van der Waals surface area contributed by atoms with Gasteiger partial charge in [-0.1, -0.05) is 18.2 Å². The molecule has 1 aromatic carbocycles. The summed E-state index contributed by atoms with van der Waals surface area (Å²) in [5, 5.41) is 0.590. The van der Waals surface area contributed by atoms with Gasteiger partial charge in [-0.2, -0.15) is 0 Å². The van der Waals surface area contributed by atoms with E-state index in [4.69, 9.17) is 9.79 Å². The zero-order valence-corrected chi connectivity index (χ0v) is 9.33. The first-order valence-corrected chi connectivity index (χ1v) is 3.78. The quantitative estimate of drug-likeness (QED) is 0.743. The molecule has 0 saturated heterocycles. The molecule has 1 rings (SSSR count). The van der Waals surface area contributed by atoms with Crippen LogP contribution in [0.1, 0.15) is 0 Å². The van der Waals surface area contributed by atoms with Gasteiger partial charge in [0.05, 0.1) is 0 Å². The summed E-state index contributed by atoms with van der Waals surface area (Å²) in [4.78, 5) is 17.3. The van der Waals surface area contributed by atoms with Crippen LogP contribution in [0.5, 0.6) is 0 Å². The zero-order valence-electron chi connectivity index (χ0n) is 5.23. The first kappa shape index (κ1) is 10.9. The van der Waals surface area contributed by atoms with E-state index in [9.17, 15) is 0 Å². The Morgan fingerprint density at radius 2 is 1.50 bits per heavy atom. The van der Waals surface area contributed by atoms with Crippen LogP contribution in [0.25, 0.3) is 0 Å². The van der Waals surface area contributed by atoms with Gasteiger partial charge in [-0.25, -0.2) is 0 Å². The van der Waals surface area contributed by atoms with Gasteiger partial charge < -0.3 is 9.79 Å². The van der Waals surface area contributed by atoms with Crippen LogP contribution in [0.15, 0.2) is 30.3 Å². The molecule has 0 unspecified atom stereocenters. The van der Waals surface area contributed by atoms with E-state index in [2.05, 4.69) is 0 Å². The standard InChI is InChI=1S/C6H7O2P.Nd/c7-9(8)6-4-2-1-3-5-6;/h1-5,7-8H;. The van der Waals surface area contributed by atoms with Gasteiger partial charge in [0.25, 0.3) is 0 Å². The van der Waals surface area contributed by atoms with E-state index in [1.165, 1.54) is 0 Å². The molecule has 0 heterocycles. The van der Waals surface area contributed by atoms with Crippen LogP contribution in [0.2, 0.25) is 0 Å². The molecule has 52 valence electrons. The minimum Gasteiger partial charge on any atom is -0.347 e. The van der Waals surface area contributed by atoms with E-state index < -0.39 is 8.38 Å². The second-order valence-electron chi connectivity index (χ2n) is 1.62. The summed E-state index contributed by atoms with van der Waals surface area (Å²) in [7, 11) is -1.90. The first-order chi connectivity index (χ1) is 4.30. The smallest absolute Gasteiger partial charge is 0.199 e. The fourth-order valence-electron chi connectivity index (χ4n) is 0.561. The van der Waals surface area contributed by atoms with Gasteiger partial charge in [0.1, 0.15) is 0 Å². The predicted octanol–water partition coefficient (Wildman–Crippen LogP) is 0.608. The van der Waals surface area contributed by atoms with Crippen LogP contribution in [-0.2, 0) is 0 Å². The van der Waals surface area contributed by atoms with E-state index >= 15 is 0 Å². The van der Waals surface area contributed by atoms with Crippen LogP contribution < -0.4 is 5.30 Å². The Labute approximate surface area is 93.7 Å². The average Bonchev–Trinajstić information content (AvgIpc) is 1.90. The number of rotatable bonds is 1. The maximum atomic E-state index is 8.64. The number of hydrogen-bond acceptors (Lipinski definition) is 2. The van der Waals surface area contributed by atoms with Crippen LogP contribution in [-0.4, -0.2) is 9.79 Å². The largest absolute Gasteiger partial charge is 0.347 e. The van der Waals surface area contributed by atoms with E-state index in [1.807, 2.05) is 6.07 Å². The Hall–Kier alpha value is 0.921. The maximum absolute atomic E-state index is 8.64. The van der Waals surface area contributed by atoms with Gasteiger partial charge in [-0.3, -0.25) is 0 Å². The summed E-state index contributed by atoms with van der Waals surface area (Å²) >= 11 is 0. The van der Waals surface area contributed by atoms with Crippen LogP contribution in [0, 0.1) is 40.8 Å². The summed E-state index contributed by atoms with van der Waals surface area (Å²) in [6, 6.07) is 8.76. The molecular formula is C6H7NdO2P. The van der Waals surface area contributed by atoms with Crippen molar-refractivity contribution in [2.45, 2.75) is 0 Å². The summed E-state index contributed by atoms with van der Waals surface area (Å²) in [6.45, 7) is 0. The molecule has 0 aliphatic heterocycles. The van der Waals surface area contributed by atoms with E-state index in [0.29, 0.717) is 5.30 Å². The normalized spacial score (nSPS) is 9.10. The molecule has 0 aromatic heterocycles. The second kappa shape index (κ2) is 5.56. The topological polar surface area (TPSA) is 40.5 Å². The van der Waals surface area contributed by atoms with Crippen LogP contribution >= 0.6 is 8.38 Å². The van der Waals surface area contributed by atoms with Crippen molar-refractivity contribution in [3.63, 3.8) is 0 Å². The molecular weight excluding hydrogens is 279 g/mol. The summed E-state index contributed by atoms with van der Waals surface area (Å²) in [5.41, 5.74) is 0. The SMILES string of the molecule is OP(O)c1ccccc1.[Nd]. The molecule has 0 radical (unpaired) electrons. The zero-order chi connectivity index (χ0) is 6.69. The molecule has 0 fully saturated rings. The third-order valence-corrected chi connectivity index (χ3v) is 1.75. The van der Waals surface area contributed by atoms with Gasteiger partial charge in [0.15, 0.2) is 8.38 Å². The van der Waals surface area contributed by atoms with Crippen molar-refractivity contribution in [1.29, 1.82) is 0 Å². The van der Waals surface area contributed by atoms with Gasteiger partial charge >= 0.3 is 0 Å². The van der Waals surface area contributed by atoms with Crippen LogP contribution in [0.3, 0.4) is 0 Å². The fraction of sp³-hybridized carbons (Fsp3) is 0. The number of benzene rings is 1. The summed E-state index contributed by atoms with van der Waals surface area (Å²) < 4.78 is 0. The van der Waals surface area contributed by atoms with Crippen molar-refractivity contribution in [3.8, 4) is 0 Å². The molecule has 0 atom stereocenters. The monoisotopic (exact) mass is 284 g/mol. The predicted molar refractivity (Wildman–Crippen MR) is 37.4 cm³/mol. The van der Waals surface area contributed by atoms with Gasteiger partial charge in [0, 0.05) is 46.1 Å². The minimum absolute atomic E-state index is 0. The minimum atomic E-state index is -1.90. The molecule has 0 spiro atoms. The Balaban J connectivity index is 0.000000810. The van der Waals surface area contributed by atoms with Gasteiger partial charge in [-0.15, -0.1) is 0 Å². The van der Waals surface area contributed by atoms with Crippen molar-refractivity contribution in [2.24, 2.45) is 0 Å². The maximum Gasteiger partial charge on any atom is 0.199 e. The van der Waals surface area contributed by atoms with Crippen molar-refractivity contribution in [1.82, 2.24) is 0 Å². The van der Waals surface area contributed by atoms with Crippen molar-refractivity contribution < 1.29 is 50.6 Å². The molecule has 0 saturated carbocycles. The Bertz CT molecular complexity index is 178. The molecule has 0 aliphatic rings. The first-order valence-electron chi connectivity index (χ1n) is 2.53. The Morgan fingerprint density at radius 1 is 1.00 bits per heavy atom. The van der Waals surface area contributed by atoms with E-state index in [-0.39, 0.29) is 40.8 Å². The molecule has 10 heavy (non-hydrogen) atoms. The van der Waals surface area contributed by atoms with Crippen molar-refractivity contribution >= 4 is 13.7 Å². The molecule has 4 heteroatoms. The summed E-state index contributed by atoms with van der Waals surface area (Å²) in [5.74, 6) is 0. The molecule has 2 nitrogen and oxygen atoms in total. The fourth-order valence-corrected chi connectivity index (χ4v) is 1.00. The third kappa shape index (κ3) is 3.35. The molecule has 0 amide bonds. The van der Waals surface area contributed by atoms with Crippen LogP contribution in [0.4, 0.5) is 0 Å². The van der Waals surface area contributed by atoms with Crippen molar-refractivity contribution in [3.05, 3.63) is 30.3 Å². The number of hydrogen-bond donors (Lipinski definition) is 2. The average molecular weight is 286 g/mol. The molecule has 0 aliphatic carbocycles. The van der Waals surface area contributed by atoms with E-state index in [1.54, 1.807) is 24.3 Å². The van der Waals surface area contributed by atoms with E-state index in [0.717, 1.165) is 0 Å². The van der Waals surface area contributed by atoms with Gasteiger partial charge in [-0.05, 0) is 12.1 Å². The van der Waals surface area contributed by atoms with Gasteiger partial charge in [0.2, 0.25) is 0 Å². The molecule has 0 bridgehead atoms.